The van der Waals surface area contributed by atoms with Gasteiger partial charge in [0, 0.05) is 23.6 Å². The van der Waals surface area contributed by atoms with E-state index in [2.05, 4.69) is 5.32 Å². The van der Waals surface area contributed by atoms with Crippen LogP contribution in [0.3, 0.4) is 0 Å². The van der Waals surface area contributed by atoms with Crippen molar-refractivity contribution in [3.63, 3.8) is 0 Å². The molecule has 0 unspecified atom stereocenters. The van der Waals surface area contributed by atoms with E-state index in [9.17, 15) is 14.7 Å². The molecule has 0 aliphatic rings. The Hall–Kier alpha value is -2.80. The molecule has 3 aromatic carbocycles. The number of carbonyl (C=O) groups is 2. The third-order valence-corrected chi connectivity index (χ3v) is 4.85. The third kappa shape index (κ3) is 6.34. The van der Waals surface area contributed by atoms with Crippen LogP contribution in [-0.4, -0.2) is 26.1 Å². The van der Waals surface area contributed by atoms with Gasteiger partial charge in [0.1, 0.15) is 11.5 Å². The van der Waals surface area contributed by atoms with E-state index in [-0.39, 0.29) is 59.1 Å². The fourth-order valence-electron chi connectivity index (χ4n) is 3.26. The van der Waals surface area contributed by atoms with Crippen LogP contribution >= 0.6 is 0 Å². The maximum absolute atomic E-state index is 12.8. The molecule has 31 heavy (non-hydrogen) atoms. The van der Waals surface area contributed by atoms with Crippen molar-refractivity contribution in [2.45, 2.75) is 12.3 Å². The summed E-state index contributed by atoms with van der Waals surface area (Å²) in [6.07, 6.45) is 0.125. The van der Waals surface area contributed by atoms with Crippen molar-refractivity contribution >= 4 is 17.6 Å². The number of rotatable bonds is 8. The molecule has 0 aliphatic heterocycles. The fraction of sp³-hybridized carbons (Fsp3) is 0.167. The van der Waals surface area contributed by atoms with Gasteiger partial charge in [-0.25, -0.2) is 0 Å². The maximum Gasteiger partial charge on any atom is 1.00 e. The number of benzene rings is 3. The van der Waals surface area contributed by atoms with Gasteiger partial charge in [-0.3, -0.25) is 4.79 Å². The van der Waals surface area contributed by atoms with Crippen LogP contribution in [-0.2, 0) is 4.79 Å². The van der Waals surface area contributed by atoms with Crippen LogP contribution < -0.4 is 49.5 Å². The number of hydrogen-bond donors (Lipinski definition) is 1. The maximum atomic E-state index is 12.8. The fourth-order valence-corrected chi connectivity index (χ4v) is 3.26. The minimum Gasteiger partial charge on any atom is -0.545 e. The van der Waals surface area contributed by atoms with Crippen LogP contribution in [0.15, 0.2) is 72.8 Å². The molecule has 3 rings (SSSR count). The number of carboxylic acid groups (broad SMARTS) is 1. The van der Waals surface area contributed by atoms with Crippen molar-refractivity contribution < 1.29 is 53.7 Å². The van der Waals surface area contributed by atoms with Gasteiger partial charge in [-0.1, -0.05) is 42.5 Å². The molecule has 0 radical (unpaired) electrons. The SMILES string of the molecule is COc1ccc(C(CC(=O)Nc2ccccc2C(=O)[O-])c2ccc(OC)cc2)cc1.[Na+]. The van der Waals surface area contributed by atoms with Gasteiger partial charge in [-0.05, 0) is 41.5 Å². The number of ether oxygens (including phenoxy) is 2. The molecule has 0 heterocycles. The Kier molecular flexibility index (Phi) is 9.12. The van der Waals surface area contributed by atoms with Gasteiger partial charge in [-0.15, -0.1) is 0 Å². The zero-order valence-electron chi connectivity index (χ0n) is 17.8. The molecule has 0 saturated carbocycles. The first-order valence-corrected chi connectivity index (χ1v) is 9.40. The smallest absolute Gasteiger partial charge is 0.545 e. The Bertz CT molecular complexity index is 971. The summed E-state index contributed by atoms with van der Waals surface area (Å²) in [7, 11) is 3.19. The molecule has 0 aromatic heterocycles. The number of anilines is 1. The van der Waals surface area contributed by atoms with Crippen LogP contribution in [0, 0.1) is 0 Å². The second-order valence-electron chi connectivity index (χ2n) is 6.68. The van der Waals surface area contributed by atoms with E-state index in [4.69, 9.17) is 9.47 Å². The summed E-state index contributed by atoms with van der Waals surface area (Å²) >= 11 is 0. The largest absolute Gasteiger partial charge is 1.00 e. The number of aromatic carboxylic acids is 1. The topological polar surface area (TPSA) is 87.7 Å². The number of carboxylic acids is 1. The van der Waals surface area contributed by atoms with E-state index in [0.29, 0.717) is 0 Å². The van der Waals surface area contributed by atoms with Crippen LogP contribution in [0.4, 0.5) is 5.69 Å². The summed E-state index contributed by atoms with van der Waals surface area (Å²) in [4.78, 5) is 24.1. The van der Waals surface area contributed by atoms with Crippen LogP contribution in [0.5, 0.6) is 11.5 Å². The van der Waals surface area contributed by atoms with Crippen molar-refractivity contribution in [1.29, 1.82) is 0 Å². The molecule has 0 aliphatic carbocycles. The first-order chi connectivity index (χ1) is 14.5. The van der Waals surface area contributed by atoms with E-state index in [1.54, 1.807) is 32.4 Å². The van der Waals surface area contributed by atoms with Gasteiger partial charge < -0.3 is 24.7 Å². The van der Waals surface area contributed by atoms with Crippen LogP contribution in [0.2, 0.25) is 0 Å². The Labute approximate surface area is 203 Å². The molecule has 0 saturated heterocycles. The molecule has 0 fully saturated rings. The number of para-hydroxylation sites is 1. The summed E-state index contributed by atoms with van der Waals surface area (Å²) in [5.41, 5.74) is 2.02. The minimum absolute atomic E-state index is 0. The summed E-state index contributed by atoms with van der Waals surface area (Å²) in [5, 5.41) is 14.0. The molecule has 7 heteroatoms. The summed E-state index contributed by atoms with van der Waals surface area (Å²) in [6, 6.07) is 21.2. The number of carbonyl (C=O) groups excluding carboxylic acids is 2. The zero-order valence-corrected chi connectivity index (χ0v) is 19.8. The normalized spacial score (nSPS) is 10.2. The summed E-state index contributed by atoms with van der Waals surface area (Å²) in [6.45, 7) is 0. The van der Waals surface area contributed by atoms with Gasteiger partial charge in [0.05, 0.1) is 20.2 Å². The second kappa shape index (κ2) is 11.6. The quantitative estimate of drug-likeness (QED) is 0.520. The Morgan fingerprint density at radius 2 is 1.32 bits per heavy atom. The van der Waals surface area contributed by atoms with Gasteiger partial charge in [-0.2, -0.15) is 0 Å². The van der Waals surface area contributed by atoms with E-state index in [0.717, 1.165) is 22.6 Å². The molecule has 0 spiro atoms. The van der Waals surface area contributed by atoms with Crippen molar-refractivity contribution in [2.75, 3.05) is 19.5 Å². The minimum atomic E-state index is -1.34. The standard InChI is InChI=1S/C24H23NO5.Na/c1-29-18-11-7-16(8-12-18)21(17-9-13-19(30-2)14-10-17)15-23(26)25-22-6-4-3-5-20(22)24(27)28;/h3-14,21H,15H2,1-2H3,(H,25,26)(H,27,28);/q;+1/p-1. The molecule has 0 atom stereocenters. The first-order valence-electron chi connectivity index (χ1n) is 9.40. The molecule has 154 valence electrons. The van der Waals surface area contributed by atoms with Crippen LogP contribution in [0.1, 0.15) is 33.8 Å². The van der Waals surface area contributed by atoms with E-state index < -0.39 is 5.97 Å². The third-order valence-electron chi connectivity index (χ3n) is 4.85. The van der Waals surface area contributed by atoms with E-state index in [1.807, 2.05) is 48.5 Å². The van der Waals surface area contributed by atoms with Gasteiger partial charge in [0.25, 0.3) is 0 Å². The Balaban J connectivity index is 0.00000341. The zero-order chi connectivity index (χ0) is 21.5. The predicted octanol–water partition coefficient (Wildman–Crippen LogP) is 0.232. The Morgan fingerprint density at radius 3 is 1.77 bits per heavy atom. The molecular formula is C24H22NNaO5. The number of nitrogens with one attached hydrogen (secondary N) is 1. The number of amides is 1. The van der Waals surface area contributed by atoms with Gasteiger partial charge >= 0.3 is 29.6 Å². The van der Waals surface area contributed by atoms with E-state index in [1.165, 1.54) is 6.07 Å². The first kappa shape index (κ1) is 24.5. The number of methoxy groups -OCH3 is 2. The monoisotopic (exact) mass is 427 g/mol. The van der Waals surface area contributed by atoms with Gasteiger partial charge in [0.2, 0.25) is 5.91 Å². The molecule has 3 aromatic rings. The molecule has 1 N–H and O–H groups in total. The van der Waals surface area contributed by atoms with E-state index >= 15 is 0 Å². The number of hydrogen-bond acceptors (Lipinski definition) is 5. The summed E-state index contributed by atoms with van der Waals surface area (Å²) in [5.74, 6) is -0.441. The second-order valence-corrected chi connectivity index (χ2v) is 6.68. The Morgan fingerprint density at radius 1 is 0.839 bits per heavy atom. The molecule has 6 nitrogen and oxygen atoms in total. The average molecular weight is 427 g/mol. The molecule has 1 amide bonds. The summed E-state index contributed by atoms with van der Waals surface area (Å²) < 4.78 is 10.4. The van der Waals surface area contributed by atoms with Crippen LogP contribution in [0.25, 0.3) is 0 Å². The van der Waals surface area contributed by atoms with Crippen molar-refractivity contribution in [3.8, 4) is 11.5 Å². The van der Waals surface area contributed by atoms with Gasteiger partial charge in [0.15, 0.2) is 0 Å². The van der Waals surface area contributed by atoms with Crippen molar-refractivity contribution in [2.24, 2.45) is 0 Å². The van der Waals surface area contributed by atoms with Crippen molar-refractivity contribution in [1.82, 2.24) is 0 Å². The predicted molar refractivity (Wildman–Crippen MR) is 112 cm³/mol. The molecule has 0 bridgehead atoms. The average Bonchev–Trinajstić information content (AvgIpc) is 2.78. The molecular weight excluding hydrogens is 405 g/mol. The van der Waals surface area contributed by atoms with Crippen molar-refractivity contribution in [3.05, 3.63) is 89.5 Å².